The van der Waals surface area contributed by atoms with E-state index in [0.717, 1.165) is 0 Å². The molecule has 1 unspecified atom stereocenters. The van der Waals surface area contributed by atoms with Gasteiger partial charge in [-0.1, -0.05) is 22.9 Å². The fourth-order valence-corrected chi connectivity index (χ4v) is 1.41. The van der Waals surface area contributed by atoms with Gasteiger partial charge >= 0.3 is 0 Å². The highest BCUT2D eigenvalue weighted by molar-refractivity contribution is 9.10. The summed E-state index contributed by atoms with van der Waals surface area (Å²) in [5, 5.41) is 2.65. The molecule has 0 aromatic heterocycles. The first-order chi connectivity index (χ1) is 7.52. The van der Waals surface area contributed by atoms with Crippen LogP contribution in [-0.4, -0.2) is 55.4 Å². The second-order valence-electron chi connectivity index (χ2n) is 3.41. The molecule has 0 aliphatic heterocycles. The third kappa shape index (κ3) is 6.07. The Bertz CT molecular complexity index is 236. The number of alkyl halides is 1. The van der Waals surface area contributed by atoms with Crippen LogP contribution in [0.25, 0.3) is 0 Å². The first kappa shape index (κ1) is 15.4. The molecule has 0 bridgehead atoms. The highest BCUT2D eigenvalue weighted by Crippen LogP contribution is 2.07. The number of likely N-dealkylation sites (N-methyl/N-ethyl adjacent to an activating group) is 1. The highest BCUT2D eigenvalue weighted by Gasteiger charge is 2.18. The second-order valence-corrected chi connectivity index (χ2v) is 4.52. The number of hydrogen-bond acceptors (Lipinski definition) is 3. The Morgan fingerprint density at radius 1 is 1.50 bits per heavy atom. The van der Waals surface area contributed by atoms with E-state index in [1.165, 1.54) is 4.90 Å². The van der Waals surface area contributed by atoms with Gasteiger partial charge in [-0.15, -0.1) is 0 Å². The van der Waals surface area contributed by atoms with E-state index < -0.39 is 0 Å². The Hall–Kier alpha value is -0.620. The summed E-state index contributed by atoms with van der Waals surface area (Å²) in [6.07, 6.45) is 0.703. The number of methoxy groups -OCH3 is 1. The van der Waals surface area contributed by atoms with Gasteiger partial charge in [-0.3, -0.25) is 9.59 Å². The molecule has 0 aliphatic carbocycles. The maximum Gasteiger partial charge on any atom is 0.239 e. The zero-order valence-electron chi connectivity index (χ0n) is 9.96. The van der Waals surface area contributed by atoms with Crippen LogP contribution in [0, 0.1) is 0 Å². The molecule has 2 amide bonds. The van der Waals surface area contributed by atoms with Crippen LogP contribution in [0.3, 0.4) is 0 Å². The summed E-state index contributed by atoms with van der Waals surface area (Å²) in [5.74, 6) is -0.256. The number of amides is 2. The quantitative estimate of drug-likeness (QED) is 0.546. The molecule has 5 nitrogen and oxygen atoms in total. The van der Waals surface area contributed by atoms with Crippen molar-refractivity contribution < 1.29 is 14.3 Å². The van der Waals surface area contributed by atoms with Crippen LogP contribution in [0.15, 0.2) is 0 Å². The van der Waals surface area contributed by atoms with Gasteiger partial charge in [0.15, 0.2) is 0 Å². The van der Waals surface area contributed by atoms with Crippen molar-refractivity contribution in [1.82, 2.24) is 10.2 Å². The van der Waals surface area contributed by atoms with Crippen LogP contribution in [0.2, 0.25) is 0 Å². The number of hydrogen-bond donors (Lipinski definition) is 1. The molecule has 0 spiro atoms. The normalized spacial score (nSPS) is 12.0. The smallest absolute Gasteiger partial charge is 0.239 e. The summed E-state index contributed by atoms with van der Waals surface area (Å²) < 4.78 is 4.80. The molecule has 6 heteroatoms. The maximum absolute atomic E-state index is 11.6. The molecular weight excluding hydrogens is 276 g/mol. The number of halogens is 1. The molecule has 0 rings (SSSR count). The minimum atomic E-state index is -0.218. The molecule has 0 aromatic carbocycles. The lowest BCUT2D eigenvalue weighted by atomic mass is 10.3. The van der Waals surface area contributed by atoms with Crippen molar-refractivity contribution in [2.45, 2.75) is 18.2 Å². The fraction of sp³-hybridized carbons (Fsp3) is 0.800. The van der Waals surface area contributed by atoms with Gasteiger partial charge in [-0.05, 0) is 6.42 Å². The third-order valence-electron chi connectivity index (χ3n) is 2.01. The van der Waals surface area contributed by atoms with Gasteiger partial charge in [0, 0.05) is 20.7 Å². The molecule has 1 atom stereocenters. The summed E-state index contributed by atoms with van der Waals surface area (Å²) in [7, 11) is 3.18. The lowest BCUT2D eigenvalue weighted by Gasteiger charge is -2.19. The van der Waals surface area contributed by atoms with Crippen molar-refractivity contribution >= 4 is 27.7 Å². The molecule has 0 heterocycles. The summed E-state index contributed by atoms with van der Waals surface area (Å²) in [6, 6.07) is 0. The molecule has 1 N–H and O–H groups in total. The maximum atomic E-state index is 11.6. The van der Waals surface area contributed by atoms with Crippen molar-refractivity contribution in [1.29, 1.82) is 0 Å². The molecule has 0 aliphatic rings. The van der Waals surface area contributed by atoms with Crippen molar-refractivity contribution in [2.24, 2.45) is 0 Å². The van der Waals surface area contributed by atoms with Crippen molar-refractivity contribution in [3.05, 3.63) is 0 Å². The van der Waals surface area contributed by atoms with Crippen LogP contribution < -0.4 is 5.32 Å². The molecule has 0 aromatic rings. The van der Waals surface area contributed by atoms with Crippen molar-refractivity contribution in [2.75, 3.05) is 33.9 Å². The summed E-state index contributed by atoms with van der Waals surface area (Å²) in [4.78, 5) is 24.2. The zero-order valence-corrected chi connectivity index (χ0v) is 11.5. The van der Waals surface area contributed by atoms with Crippen LogP contribution >= 0.6 is 15.9 Å². The van der Waals surface area contributed by atoms with E-state index in [0.29, 0.717) is 19.6 Å². The lowest BCUT2D eigenvalue weighted by Crippen LogP contribution is -2.41. The topological polar surface area (TPSA) is 58.6 Å². The predicted molar refractivity (Wildman–Crippen MR) is 65.5 cm³/mol. The van der Waals surface area contributed by atoms with E-state index in [1.54, 1.807) is 14.2 Å². The fourth-order valence-electron chi connectivity index (χ4n) is 1.06. The minimum Gasteiger partial charge on any atom is -0.383 e. The highest BCUT2D eigenvalue weighted by atomic mass is 79.9. The standard InChI is InChI=1S/C10H19BrN2O3/c1-4-8(11)10(15)13(2)7-9(14)12-5-6-16-3/h8H,4-7H2,1-3H3,(H,12,14). The predicted octanol–water partition coefficient (Wildman–Crippen LogP) is 0.381. The largest absolute Gasteiger partial charge is 0.383 e. The Kier molecular flexibility index (Phi) is 8.19. The van der Waals surface area contributed by atoms with E-state index in [2.05, 4.69) is 21.2 Å². The Morgan fingerprint density at radius 2 is 2.12 bits per heavy atom. The minimum absolute atomic E-state index is 0.0741. The zero-order chi connectivity index (χ0) is 12.6. The molecule has 0 saturated carbocycles. The van der Waals surface area contributed by atoms with Crippen molar-refractivity contribution in [3.63, 3.8) is 0 Å². The number of carbonyl (C=O) groups is 2. The van der Waals surface area contributed by atoms with E-state index >= 15 is 0 Å². The Morgan fingerprint density at radius 3 is 2.62 bits per heavy atom. The van der Waals surface area contributed by atoms with Gasteiger partial charge < -0.3 is 15.0 Å². The summed E-state index contributed by atoms with van der Waals surface area (Å²) >= 11 is 3.25. The summed E-state index contributed by atoms with van der Waals surface area (Å²) in [5.41, 5.74) is 0. The monoisotopic (exact) mass is 294 g/mol. The summed E-state index contributed by atoms with van der Waals surface area (Å²) in [6.45, 7) is 2.91. The van der Waals surface area contributed by atoms with Gasteiger partial charge in [0.2, 0.25) is 11.8 Å². The van der Waals surface area contributed by atoms with E-state index in [-0.39, 0.29) is 23.2 Å². The molecule has 0 radical (unpaired) electrons. The average molecular weight is 295 g/mol. The Labute approximate surface area is 105 Å². The van der Waals surface area contributed by atoms with Crippen LogP contribution in [-0.2, 0) is 14.3 Å². The Balaban J connectivity index is 3.89. The molecule has 0 saturated heterocycles. The number of rotatable bonds is 7. The van der Waals surface area contributed by atoms with Crippen LogP contribution in [0.5, 0.6) is 0 Å². The van der Waals surface area contributed by atoms with E-state index in [1.807, 2.05) is 6.92 Å². The molecular formula is C10H19BrN2O3. The number of ether oxygens (including phenoxy) is 1. The van der Waals surface area contributed by atoms with Crippen molar-refractivity contribution in [3.8, 4) is 0 Å². The molecule has 0 fully saturated rings. The van der Waals surface area contributed by atoms with Crippen LogP contribution in [0.1, 0.15) is 13.3 Å². The number of carbonyl (C=O) groups excluding carboxylic acids is 2. The third-order valence-corrected chi connectivity index (χ3v) is 3.05. The van der Waals surface area contributed by atoms with Gasteiger partial charge in [0.25, 0.3) is 0 Å². The van der Waals surface area contributed by atoms with E-state index in [4.69, 9.17) is 4.74 Å². The van der Waals surface area contributed by atoms with Gasteiger partial charge in [0.05, 0.1) is 18.0 Å². The van der Waals surface area contributed by atoms with Crippen LogP contribution in [0.4, 0.5) is 0 Å². The second kappa shape index (κ2) is 8.52. The number of nitrogens with zero attached hydrogens (tertiary/aromatic N) is 1. The SMILES string of the molecule is CCC(Br)C(=O)N(C)CC(=O)NCCOC. The first-order valence-electron chi connectivity index (χ1n) is 5.17. The first-order valence-corrected chi connectivity index (χ1v) is 6.09. The van der Waals surface area contributed by atoms with Gasteiger partial charge in [-0.2, -0.15) is 0 Å². The van der Waals surface area contributed by atoms with Gasteiger partial charge in [0.1, 0.15) is 0 Å². The molecule has 16 heavy (non-hydrogen) atoms. The van der Waals surface area contributed by atoms with Gasteiger partial charge in [-0.25, -0.2) is 0 Å². The lowest BCUT2D eigenvalue weighted by molar-refractivity contribution is -0.134. The average Bonchev–Trinajstić information content (AvgIpc) is 2.27. The molecule has 94 valence electrons. The number of nitrogens with one attached hydrogen (secondary N) is 1. The van der Waals surface area contributed by atoms with E-state index in [9.17, 15) is 9.59 Å².